The number of hydrogen-bond acceptors (Lipinski definition) is 5. The standard InChI is InChI=1S/C7H10F2O5/c1-12-6(10)5(7(11)13-2)14-3-4(8)9/h4-5H,3H2,1-2H3. The van der Waals surface area contributed by atoms with Crippen molar-refractivity contribution in [3.05, 3.63) is 0 Å². The number of rotatable bonds is 5. The quantitative estimate of drug-likeness (QED) is 0.473. The molecule has 0 fully saturated rings. The normalized spacial score (nSPS) is 10.4. The lowest BCUT2D eigenvalue weighted by atomic mass is 10.3. The van der Waals surface area contributed by atoms with Gasteiger partial charge in [-0.15, -0.1) is 0 Å². The number of carbonyl (C=O) groups excluding carboxylic acids is 2. The summed E-state index contributed by atoms with van der Waals surface area (Å²) in [4.78, 5) is 21.7. The number of methoxy groups -OCH3 is 2. The molecule has 7 heteroatoms. The van der Waals surface area contributed by atoms with E-state index >= 15 is 0 Å². The summed E-state index contributed by atoms with van der Waals surface area (Å²) < 4.78 is 36.0. The van der Waals surface area contributed by atoms with E-state index in [9.17, 15) is 18.4 Å². The van der Waals surface area contributed by atoms with Crippen LogP contribution in [-0.2, 0) is 23.8 Å². The maximum Gasteiger partial charge on any atom is 0.346 e. The molecule has 0 spiro atoms. The number of alkyl halides is 2. The lowest BCUT2D eigenvalue weighted by Gasteiger charge is -2.12. The highest BCUT2D eigenvalue weighted by Gasteiger charge is 2.30. The molecule has 0 bridgehead atoms. The molecule has 0 aromatic heterocycles. The van der Waals surface area contributed by atoms with Crippen LogP contribution in [0.4, 0.5) is 8.78 Å². The molecule has 82 valence electrons. The van der Waals surface area contributed by atoms with Crippen LogP contribution in [0, 0.1) is 0 Å². The zero-order valence-corrected chi connectivity index (χ0v) is 7.66. The van der Waals surface area contributed by atoms with Crippen molar-refractivity contribution in [3.8, 4) is 0 Å². The lowest BCUT2D eigenvalue weighted by Crippen LogP contribution is -2.36. The second-order valence-corrected chi connectivity index (χ2v) is 2.15. The average molecular weight is 212 g/mol. The zero-order valence-electron chi connectivity index (χ0n) is 7.66. The first-order valence-electron chi connectivity index (χ1n) is 3.58. The van der Waals surface area contributed by atoms with Crippen LogP contribution < -0.4 is 0 Å². The van der Waals surface area contributed by atoms with Crippen LogP contribution in [0.25, 0.3) is 0 Å². The van der Waals surface area contributed by atoms with Gasteiger partial charge in [-0.25, -0.2) is 18.4 Å². The molecule has 14 heavy (non-hydrogen) atoms. The smallest absolute Gasteiger partial charge is 0.346 e. The Balaban J connectivity index is 4.25. The van der Waals surface area contributed by atoms with Gasteiger partial charge in [0.2, 0.25) is 0 Å². The Morgan fingerprint density at radius 1 is 1.14 bits per heavy atom. The molecule has 0 aliphatic rings. The van der Waals surface area contributed by atoms with E-state index in [1.807, 2.05) is 0 Å². The van der Waals surface area contributed by atoms with Gasteiger partial charge >= 0.3 is 11.9 Å². The Labute approximate surface area is 78.9 Å². The molecule has 0 amide bonds. The highest BCUT2D eigenvalue weighted by molar-refractivity contribution is 5.97. The first-order valence-corrected chi connectivity index (χ1v) is 3.58. The van der Waals surface area contributed by atoms with Gasteiger partial charge in [-0.2, -0.15) is 0 Å². The van der Waals surface area contributed by atoms with E-state index in [-0.39, 0.29) is 0 Å². The predicted molar refractivity (Wildman–Crippen MR) is 39.8 cm³/mol. The molecule has 0 saturated heterocycles. The van der Waals surface area contributed by atoms with E-state index in [0.29, 0.717) is 0 Å². The molecule has 0 saturated carbocycles. The van der Waals surface area contributed by atoms with Crippen LogP contribution in [-0.4, -0.2) is 45.3 Å². The van der Waals surface area contributed by atoms with Crippen molar-refractivity contribution in [2.45, 2.75) is 12.5 Å². The molecule has 0 atom stereocenters. The van der Waals surface area contributed by atoms with Crippen molar-refractivity contribution < 1.29 is 32.6 Å². The Hall–Kier alpha value is -1.24. The number of hydrogen-bond donors (Lipinski definition) is 0. The van der Waals surface area contributed by atoms with Crippen molar-refractivity contribution >= 4 is 11.9 Å². The van der Waals surface area contributed by atoms with Gasteiger partial charge in [0.05, 0.1) is 14.2 Å². The minimum absolute atomic E-state index is 1.00. The van der Waals surface area contributed by atoms with Crippen molar-refractivity contribution in [1.29, 1.82) is 0 Å². The van der Waals surface area contributed by atoms with Gasteiger partial charge in [-0.05, 0) is 0 Å². The third kappa shape index (κ3) is 4.13. The zero-order chi connectivity index (χ0) is 11.1. The molecule has 0 aliphatic heterocycles. The molecule has 5 nitrogen and oxygen atoms in total. The monoisotopic (exact) mass is 212 g/mol. The third-order valence-electron chi connectivity index (χ3n) is 1.22. The van der Waals surface area contributed by atoms with E-state index < -0.39 is 31.1 Å². The summed E-state index contributed by atoms with van der Waals surface area (Å²) in [5, 5.41) is 0. The van der Waals surface area contributed by atoms with Crippen LogP contribution in [0.15, 0.2) is 0 Å². The molecular formula is C7H10F2O5. The molecule has 0 unspecified atom stereocenters. The molecule has 0 N–H and O–H groups in total. The van der Waals surface area contributed by atoms with Crippen LogP contribution in [0.3, 0.4) is 0 Å². The first kappa shape index (κ1) is 12.8. The summed E-state index contributed by atoms with van der Waals surface area (Å²) in [6.07, 6.45) is -4.52. The van der Waals surface area contributed by atoms with E-state index in [1.54, 1.807) is 0 Å². The second kappa shape index (κ2) is 6.25. The first-order chi connectivity index (χ1) is 6.52. The van der Waals surface area contributed by atoms with Gasteiger partial charge in [-0.1, -0.05) is 0 Å². The summed E-state index contributed by atoms with van der Waals surface area (Å²) in [5.74, 6) is -2.14. The largest absolute Gasteiger partial charge is 0.467 e. The fraction of sp³-hybridized carbons (Fsp3) is 0.714. The summed E-state index contributed by atoms with van der Waals surface area (Å²) in [6, 6.07) is 0. The molecule has 0 aliphatic carbocycles. The average Bonchev–Trinajstić information content (AvgIpc) is 2.16. The highest BCUT2D eigenvalue weighted by atomic mass is 19.3. The van der Waals surface area contributed by atoms with Crippen molar-refractivity contribution in [3.63, 3.8) is 0 Å². The number of carbonyl (C=O) groups is 2. The molecule has 0 aromatic rings. The van der Waals surface area contributed by atoms with E-state index in [4.69, 9.17) is 0 Å². The van der Waals surface area contributed by atoms with Gasteiger partial charge < -0.3 is 14.2 Å². The van der Waals surface area contributed by atoms with Crippen LogP contribution in [0.5, 0.6) is 0 Å². The van der Waals surface area contributed by atoms with Crippen LogP contribution in [0.2, 0.25) is 0 Å². The summed E-state index contributed by atoms with van der Waals surface area (Å²) in [5.41, 5.74) is 0. The number of halogens is 2. The molecule has 0 aromatic carbocycles. The van der Waals surface area contributed by atoms with Gasteiger partial charge in [-0.3, -0.25) is 0 Å². The maximum absolute atomic E-state index is 11.7. The minimum atomic E-state index is -2.77. The van der Waals surface area contributed by atoms with Crippen molar-refractivity contribution in [2.75, 3.05) is 20.8 Å². The topological polar surface area (TPSA) is 61.8 Å². The van der Waals surface area contributed by atoms with Gasteiger partial charge in [0.15, 0.2) is 0 Å². The Kier molecular flexibility index (Phi) is 5.70. The Morgan fingerprint density at radius 3 is 1.86 bits per heavy atom. The van der Waals surface area contributed by atoms with E-state index in [1.165, 1.54) is 0 Å². The maximum atomic E-state index is 11.7. The van der Waals surface area contributed by atoms with Crippen LogP contribution in [0.1, 0.15) is 0 Å². The third-order valence-corrected chi connectivity index (χ3v) is 1.22. The molecule has 0 radical (unpaired) electrons. The number of ether oxygens (including phenoxy) is 3. The van der Waals surface area contributed by atoms with E-state index in [0.717, 1.165) is 14.2 Å². The fourth-order valence-electron chi connectivity index (χ4n) is 0.615. The molecule has 0 heterocycles. The predicted octanol–water partition coefficient (Wildman–Crippen LogP) is -0.0173. The van der Waals surface area contributed by atoms with Crippen molar-refractivity contribution in [2.24, 2.45) is 0 Å². The highest BCUT2D eigenvalue weighted by Crippen LogP contribution is 2.02. The van der Waals surface area contributed by atoms with Crippen molar-refractivity contribution in [1.82, 2.24) is 0 Å². The number of esters is 2. The van der Waals surface area contributed by atoms with Gasteiger partial charge in [0.25, 0.3) is 12.5 Å². The Bertz CT molecular complexity index is 190. The summed E-state index contributed by atoms with van der Waals surface area (Å²) in [6.45, 7) is -1.03. The SMILES string of the molecule is COC(=O)C(OCC(F)F)C(=O)OC. The Morgan fingerprint density at radius 2 is 1.57 bits per heavy atom. The second-order valence-electron chi connectivity index (χ2n) is 2.15. The van der Waals surface area contributed by atoms with Gasteiger partial charge in [0.1, 0.15) is 6.61 Å². The summed E-state index contributed by atoms with van der Waals surface area (Å²) >= 11 is 0. The lowest BCUT2D eigenvalue weighted by molar-refractivity contribution is -0.172. The minimum Gasteiger partial charge on any atom is -0.467 e. The summed E-state index contributed by atoms with van der Waals surface area (Å²) in [7, 11) is 2.01. The fourth-order valence-corrected chi connectivity index (χ4v) is 0.615. The van der Waals surface area contributed by atoms with E-state index in [2.05, 4.69) is 14.2 Å². The van der Waals surface area contributed by atoms with Gasteiger partial charge in [0, 0.05) is 0 Å². The molecule has 0 rings (SSSR count). The van der Waals surface area contributed by atoms with Crippen LogP contribution >= 0.6 is 0 Å². The molecular weight excluding hydrogens is 202 g/mol.